The standard InChI is InChI=1S/C12H11ClN2O4/c1-14-12(18)19-6-15-5-9(11(16)17)8-3-2-7(13)4-10(8)15/h2-5H,6H2,1H3,(H,14,18)(H,16,17). The van der Waals surface area contributed by atoms with Gasteiger partial charge in [0.25, 0.3) is 0 Å². The van der Waals surface area contributed by atoms with Crippen molar-refractivity contribution in [3.05, 3.63) is 35.0 Å². The number of aromatic nitrogens is 1. The van der Waals surface area contributed by atoms with Crippen molar-refractivity contribution < 1.29 is 19.4 Å². The van der Waals surface area contributed by atoms with Crippen LogP contribution in [0.5, 0.6) is 0 Å². The number of hydrogen-bond donors (Lipinski definition) is 2. The van der Waals surface area contributed by atoms with Gasteiger partial charge in [0, 0.05) is 23.7 Å². The molecule has 2 N–H and O–H groups in total. The number of halogens is 1. The number of nitrogens with zero attached hydrogens (tertiary/aromatic N) is 1. The molecule has 6 nitrogen and oxygen atoms in total. The number of ether oxygens (including phenoxy) is 1. The molecule has 2 rings (SSSR count). The molecule has 0 aliphatic rings. The molecule has 7 heteroatoms. The van der Waals surface area contributed by atoms with E-state index < -0.39 is 12.1 Å². The summed E-state index contributed by atoms with van der Waals surface area (Å²) in [6.07, 6.45) is 0.812. The largest absolute Gasteiger partial charge is 0.478 e. The minimum atomic E-state index is -1.05. The molecule has 0 atom stereocenters. The van der Waals surface area contributed by atoms with Gasteiger partial charge in [-0.3, -0.25) is 0 Å². The maximum Gasteiger partial charge on any atom is 0.408 e. The minimum Gasteiger partial charge on any atom is -0.478 e. The lowest BCUT2D eigenvalue weighted by molar-refractivity contribution is 0.0698. The van der Waals surface area contributed by atoms with Crippen LogP contribution in [0.3, 0.4) is 0 Å². The number of alkyl carbamates (subject to hydrolysis) is 1. The van der Waals surface area contributed by atoms with Crippen LogP contribution in [0.4, 0.5) is 4.79 Å². The van der Waals surface area contributed by atoms with E-state index in [-0.39, 0.29) is 12.3 Å². The number of carboxylic acid groups (broad SMARTS) is 1. The molecule has 0 radical (unpaired) electrons. The van der Waals surface area contributed by atoms with E-state index in [4.69, 9.17) is 21.4 Å². The van der Waals surface area contributed by atoms with Crippen LogP contribution >= 0.6 is 11.6 Å². The Morgan fingerprint density at radius 3 is 2.84 bits per heavy atom. The molecule has 0 spiro atoms. The second kappa shape index (κ2) is 5.19. The number of fused-ring (bicyclic) bond motifs is 1. The fraction of sp³-hybridized carbons (Fsp3) is 0.167. The highest BCUT2D eigenvalue weighted by Gasteiger charge is 2.15. The molecule has 1 heterocycles. The molecule has 0 aliphatic heterocycles. The first-order chi connectivity index (χ1) is 9.02. The Balaban J connectivity index is 2.45. The van der Waals surface area contributed by atoms with Gasteiger partial charge in [0.1, 0.15) is 0 Å². The highest BCUT2D eigenvalue weighted by Crippen LogP contribution is 2.25. The van der Waals surface area contributed by atoms with Crippen molar-refractivity contribution in [3.63, 3.8) is 0 Å². The molecule has 2 aromatic rings. The fourth-order valence-corrected chi connectivity index (χ4v) is 1.91. The van der Waals surface area contributed by atoms with Gasteiger partial charge in [-0.05, 0) is 12.1 Å². The number of hydrogen-bond acceptors (Lipinski definition) is 3. The predicted molar refractivity (Wildman–Crippen MR) is 69.4 cm³/mol. The number of rotatable bonds is 3. The van der Waals surface area contributed by atoms with Crippen LogP contribution in [-0.4, -0.2) is 28.8 Å². The van der Waals surface area contributed by atoms with Crippen LogP contribution in [0.25, 0.3) is 10.9 Å². The third kappa shape index (κ3) is 2.63. The van der Waals surface area contributed by atoms with Crippen molar-refractivity contribution in [2.75, 3.05) is 7.05 Å². The zero-order valence-corrected chi connectivity index (χ0v) is 10.8. The molecule has 19 heavy (non-hydrogen) atoms. The number of amides is 1. The second-order valence-electron chi connectivity index (χ2n) is 3.79. The van der Waals surface area contributed by atoms with Crippen molar-refractivity contribution in [1.29, 1.82) is 0 Å². The number of carbonyl (C=O) groups is 2. The van der Waals surface area contributed by atoms with Gasteiger partial charge in [-0.1, -0.05) is 17.7 Å². The smallest absolute Gasteiger partial charge is 0.408 e. The van der Waals surface area contributed by atoms with Gasteiger partial charge in [0.05, 0.1) is 11.1 Å². The van der Waals surface area contributed by atoms with E-state index in [0.29, 0.717) is 15.9 Å². The highest BCUT2D eigenvalue weighted by molar-refractivity contribution is 6.31. The maximum absolute atomic E-state index is 11.1. The van der Waals surface area contributed by atoms with E-state index in [9.17, 15) is 9.59 Å². The molecular weight excluding hydrogens is 272 g/mol. The second-order valence-corrected chi connectivity index (χ2v) is 4.23. The Kier molecular flexibility index (Phi) is 3.62. The lowest BCUT2D eigenvalue weighted by atomic mass is 10.2. The molecule has 0 saturated carbocycles. The van der Waals surface area contributed by atoms with Crippen LogP contribution < -0.4 is 5.32 Å². The SMILES string of the molecule is CNC(=O)OCn1cc(C(=O)O)c2ccc(Cl)cc21. The lowest BCUT2D eigenvalue weighted by Gasteiger charge is -2.06. The van der Waals surface area contributed by atoms with Gasteiger partial charge in [0.15, 0.2) is 6.73 Å². The van der Waals surface area contributed by atoms with E-state index in [1.807, 2.05) is 0 Å². The quantitative estimate of drug-likeness (QED) is 0.905. The van der Waals surface area contributed by atoms with E-state index in [2.05, 4.69) is 5.32 Å². The molecule has 0 aliphatic carbocycles. The van der Waals surface area contributed by atoms with E-state index >= 15 is 0 Å². The van der Waals surface area contributed by atoms with Gasteiger partial charge in [0.2, 0.25) is 0 Å². The zero-order chi connectivity index (χ0) is 14.0. The average Bonchev–Trinajstić information content (AvgIpc) is 2.74. The minimum absolute atomic E-state index is 0.0935. The molecule has 1 amide bonds. The van der Waals surface area contributed by atoms with Crippen molar-refractivity contribution in [1.82, 2.24) is 9.88 Å². The summed E-state index contributed by atoms with van der Waals surface area (Å²) in [4.78, 5) is 22.2. The first kappa shape index (κ1) is 13.2. The first-order valence-corrected chi connectivity index (χ1v) is 5.77. The Labute approximate surface area is 113 Å². The van der Waals surface area contributed by atoms with E-state index in [1.165, 1.54) is 17.8 Å². The molecule has 1 aromatic carbocycles. The number of aromatic carboxylic acids is 1. The number of nitrogens with one attached hydrogen (secondary N) is 1. The van der Waals surface area contributed by atoms with Gasteiger partial charge >= 0.3 is 12.1 Å². The highest BCUT2D eigenvalue weighted by atomic mass is 35.5. The van der Waals surface area contributed by atoms with Crippen molar-refractivity contribution in [3.8, 4) is 0 Å². The Hall–Kier alpha value is -2.21. The zero-order valence-electron chi connectivity index (χ0n) is 10.0. The Bertz CT molecular complexity index is 650. The van der Waals surface area contributed by atoms with Crippen LogP contribution in [-0.2, 0) is 11.5 Å². The molecule has 0 bridgehead atoms. The average molecular weight is 283 g/mol. The van der Waals surface area contributed by atoms with Gasteiger partial charge in [-0.2, -0.15) is 0 Å². The van der Waals surface area contributed by atoms with Crippen molar-refractivity contribution in [2.24, 2.45) is 0 Å². The van der Waals surface area contributed by atoms with Gasteiger partial charge in [-0.25, -0.2) is 9.59 Å². The summed E-state index contributed by atoms with van der Waals surface area (Å²) < 4.78 is 6.41. The lowest BCUT2D eigenvalue weighted by Crippen LogP contribution is -2.20. The first-order valence-electron chi connectivity index (χ1n) is 5.39. The maximum atomic E-state index is 11.1. The van der Waals surface area contributed by atoms with E-state index in [0.717, 1.165) is 0 Å². The summed E-state index contributed by atoms with van der Waals surface area (Å²) in [7, 11) is 1.44. The summed E-state index contributed by atoms with van der Waals surface area (Å²) in [5.74, 6) is -1.05. The Morgan fingerprint density at radius 1 is 1.47 bits per heavy atom. The Morgan fingerprint density at radius 2 is 2.21 bits per heavy atom. The third-order valence-corrected chi connectivity index (χ3v) is 2.85. The molecule has 0 fully saturated rings. The summed E-state index contributed by atoms with van der Waals surface area (Å²) in [5, 5.41) is 12.4. The summed E-state index contributed by atoms with van der Waals surface area (Å²) in [6.45, 7) is -0.0935. The van der Waals surface area contributed by atoms with E-state index in [1.54, 1.807) is 18.2 Å². The topological polar surface area (TPSA) is 80.6 Å². The normalized spacial score (nSPS) is 10.4. The van der Waals surface area contributed by atoms with Gasteiger partial charge in [-0.15, -0.1) is 0 Å². The van der Waals surface area contributed by atoms with Crippen LogP contribution in [0, 0.1) is 0 Å². The molecule has 0 unspecified atom stereocenters. The van der Waals surface area contributed by atoms with Crippen LogP contribution in [0.1, 0.15) is 10.4 Å². The number of carboxylic acids is 1. The molecule has 0 saturated heterocycles. The third-order valence-electron chi connectivity index (χ3n) is 2.61. The van der Waals surface area contributed by atoms with Gasteiger partial charge < -0.3 is 19.7 Å². The molecular formula is C12H11ClN2O4. The van der Waals surface area contributed by atoms with Crippen LogP contribution in [0.15, 0.2) is 24.4 Å². The fourth-order valence-electron chi connectivity index (χ4n) is 1.74. The van der Waals surface area contributed by atoms with Crippen LogP contribution in [0.2, 0.25) is 5.02 Å². The summed E-state index contributed by atoms with van der Waals surface area (Å²) >= 11 is 5.89. The summed E-state index contributed by atoms with van der Waals surface area (Å²) in [6, 6.07) is 4.86. The predicted octanol–water partition coefficient (Wildman–Crippen LogP) is 2.31. The number of benzene rings is 1. The molecule has 1 aromatic heterocycles. The number of carbonyl (C=O) groups excluding carboxylic acids is 1. The summed E-state index contributed by atoms with van der Waals surface area (Å²) in [5.41, 5.74) is 0.723. The van der Waals surface area contributed by atoms with Crippen molar-refractivity contribution in [2.45, 2.75) is 6.73 Å². The van der Waals surface area contributed by atoms with Crippen molar-refractivity contribution >= 4 is 34.6 Å². The molecule has 100 valence electrons. The monoisotopic (exact) mass is 282 g/mol.